The van der Waals surface area contributed by atoms with Crippen molar-refractivity contribution < 1.29 is 13.9 Å². The summed E-state index contributed by atoms with van der Waals surface area (Å²) in [7, 11) is 1.37. The second-order valence-electron chi connectivity index (χ2n) is 4.88. The lowest BCUT2D eigenvalue weighted by Gasteiger charge is -2.17. The van der Waals surface area contributed by atoms with Crippen molar-refractivity contribution >= 4 is 11.7 Å². The van der Waals surface area contributed by atoms with Crippen molar-refractivity contribution in [1.29, 1.82) is 0 Å². The molecule has 4 heteroatoms. The van der Waals surface area contributed by atoms with Crippen molar-refractivity contribution in [2.24, 2.45) is 0 Å². The highest BCUT2D eigenvalue weighted by atomic mass is 19.1. The summed E-state index contributed by atoms with van der Waals surface area (Å²) in [6, 6.07) is 14.1. The normalized spacial score (nSPS) is 11.8. The molecule has 0 saturated heterocycles. The average molecular weight is 287 g/mol. The number of halogens is 1. The smallest absolute Gasteiger partial charge is 0.314 e. The lowest BCUT2D eigenvalue weighted by molar-refractivity contribution is -0.142. The summed E-state index contributed by atoms with van der Waals surface area (Å²) in [5, 5.41) is 3.10. The molecule has 2 rings (SSSR count). The van der Waals surface area contributed by atoms with E-state index in [-0.39, 0.29) is 11.8 Å². The second kappa shape index (κ2) is 6.88. The largest absolute Gasteiger partial charge is 0.468 e. The van der Waals surface area contributed by atoms with Gasteiger partial charge in [-0.15, -0.1) is 0 Å². The highest BCUT2D eigenvalue weighted by Gasteiger charge is 2.21. The standard InChI is InChI=1S/C17H18FNO2/c1-12-8-14(18)10-15(9-12)19-11-16(17(20)21-2)13-6-4-3-5-7-13/h3-10,16,19H,11H2,1-2H3. The fourth-order valence-electron chi connectivity index (χ4n) is 2.22. The Morgan fingerprint density at radius 2 is 1.95 bits per heavy atom. The van der Waals surface area contributed by atoms with Crippen LogP contribution in [0.15, 0.2) is 48.5 Å². The van der Waals surface area contributed by atoms with Gasteiger partial charge in [0.05, 0.1) is 13.0 Å². The minimum Gasteiger partial charge on any atom is -0.468 e. The summed E-state index contributed by atoms with van der Waals surface area (Å²) in [6.45, 7) is 2.17. The molecular weight excluding hydrogens is 269 g/mol. The van der Waals surface area contributed by atoms with Gasteiger partial charge in [-0.2, -0.15) is 0 Å². The molecule has 0 radical (unpaired) electrons. The molecule has 0 aliphatic carbocycles. The van der Waals surface area contributed by atoms with Gasteiger partial charge < -0.3 is 10.1 Å². The zero-order valence-corrected chi connectivity index (χ0v) is 12.1. The summed E-state index contributed by atoms with van der Waals surface area (Å²) < 4.78 is 18.2. The molecule has 0 fully saturated rings. The maximum absolute atomic E-state index is 13.4. The number of carbonyl (C=O) groups excluding carboxylic acids is 1. The third-order valence-corrected chi connectivity index (χ3v) is 3.24. The van der Waals surface area contributed by atoms with Gasteiger partial charge in [0.25, 0.3) is 0 Å². The van der Waals surface area contributed by atoms with Crippen LogP contribution in [0.4, 0.5) is 10.1 Å². The molecule has 0 heterocycles. The lowest BCUT2D eigenvalue weighted by atomic mass is 9.99. The second-order valence-corrected chi connectivity index (χ2v) is 4.88. The predicted molar refractivity (Wildman–Crippen MR) is 80.8 cm³/mol. The van der Waals surface area contributed by atoms with Crippen LogP contribution >= 0.6 is 0 Å². The minimum absolute atomic E-state index is 0.299. The molecule has 0 bridgehead atoms. The Hall–Kier alpha value is -2.36. The predicted octanol–water partition coefficient (Wildman–Crippen LogP) is 3.50. The Kier molecular flexibility index (Phi) is 4.93. The maximum Gasteiger partial charge on any atom is 0.314 e. The number of carbonyl (C=O) groups is 1. The van der Waals surface area contributed by atoms with Crippen LogP contribution in [-0.2, 0) is 9.53 Å². The van der Waals surface area contributed by atoms with Gasteiger partial charge in [-0.25, -0.2) is 4.39 Å². The first-order valence-electron chi connectivity index (χ1n) is 6.74. The van der Waals surface area contributed by atoms with E-state index in [4.69, 9.17) is 4.74 Å². The molecule has 1 N–H and O–H groups in total. The van der Waals surface area contributed by atoms with E-state index in [1.807, 2.05) is 43.3 Å². The van der Waals surface area contributed by atoms with Crippen molar-refractivity contribution in [3.05, 3.63) is 65.5 Å². The SMILES string of the molecule is COC(=O)C(CNc1cc(C)cc(F)c1)c1ccccc1. The van der Waals surface area contributed by atoms with E-state index in [2.05, 4.69) is 5.32 Å². The molecule has 0 aliphatic rings. The van der Waals surface area contributed by atoms with Crippen molar-refractivity contribution in [2.45, 2.75) is 12.8 Å². The number of anilines is 1. The van der Waals surface area contributed by atoms with Crippen molar-refractivity contribution in [3.8, 4) is 0 Å². The summed E-state index contributed by atoms with van der Waals surface area (Å²) in [5.41, 5.74) is 2.34. The fourth-order valence-corrected chi connectivity index (χ4v) is 2.22. The lowest BCUT2D eigenvalue weighted by Crippen LogP contribution is -2.22. The van der Waals surface area contributed by atoms with Gasteiger partial charge in [0.1, 0.15) is 5.82 Å². The van der Waals surface area contributed by atoms with Gasteiger partial charge >= 0.3 is 5.97 Å². The van der Waals surface area contributed by atoms with Crippen LogP contribution in [-0.4, -0.2) is 19.6 Å². The molecule has 0 saturated carbocycles. The van der Waals surface area contributed by atoms with Crippen LogP contribution in [0, 0.1) is 12.7 Å². The van der Waals surface area contributed by atoms with Crippen LogP contribution in [0.25, 0.3) is 0 Å². The molecular formula is C17H18FNO2. The van der Waals surface area contributed by atoms with Gasteiger partial charge in [-0.3, -0.25) is 4.79 Å². The van der Waals surface area contributed by atoms with Crippen LogP contribution in [0.2, 0.25) is 0 Å². The summed E-state index contributed by atoms with van der Waals surface area (Å²) in [6.07, 6.45) is 0. The monoisotopic (exact) mass is 287 g/mol. The topological polar surface area (TPSA) is 38.3 Å². The van der Waals surface area contributed by atoms with Crippen LogP contribution in [0.1, 0.15) is 17.0 Å². The maximum atomic E-state index is 13.4. The van der Waals surface area contributed by atoms with Gasteiger partial charge in [0, 0.05) is 12.2 Å². The molecule has 0 aromatic heterocycles. The molecule has 0 aliphatic heterocycles. The van der Waals surface area contributed by atoms with Crippen molar-refractivity contribution in [3.63, 3.8) is 0 Å². The molecule has 1 unspecified atom stereocenters. The number of esters is 1. The van der Waals surface area contributed by atoms with E-state index in [1.54, 1.807) is 0 Å². The Labute approximate surface area is 123 Å². The van der Waals surface area contributed by atoms with Gasteiger partial charge in [-0.05, 0) is 36.2 Å². The first kappa shape index (κ1) is 15.0. The molecule has 2 aromatic rings. The van der Waals surface area contributed by atoms with E-state index < -0.39 is 5.92 Å². The summed E-state index contributed by atoms with van der Waals surface area (Å²) in [5.74, 6) is -1.05. The Morgan fingerprint density at radius 1 is 1.24 bits per heavy atom. The van der Waals surface area contributed by atoms with Gasteiger partial charge in [0.15, 0.2) is 0 Å². The first-order valence-corrected chi connectivity index (χ1v) is 6.74. The number of rotatable bonds is 5. The molecule has 2 aromatic carbocycles. The molecule has 0 amide bonds. The number of methoxy groups -OCH3 is 1. The summed E-state index contributed by atoms with van der Waals surface area (Å²) in [4.78, 5) is 11.9. The van der Waals surface area contributed by atoms with Crippen LogP contribution in [0.3, 0.4) is 0 Å². The van der Waals surface area contributed by atoms with Crippen molar-refractivity contribution in [1.82, 2.24) is 0 Å². The van der Waals surface area contributed by atoms with E-state index >= 15 is 0 Å². The zero-order valence-electron chi connectivity index (χ0n) is 12.1. The molecule has 21 heavy (non-hydrogen) atoms. The Bertz CT molecular complexity index is 593. The number of nitrogens with one attached hydrogen (secondary N) is 1. The van der Waals surface area contributed by atoms with E-state index in [9.17, 15) is 9.18 Å². The van der Waals surface area contributed by atoms with E-state index in [0.29, 0.717) is 12.2 Å². The van der Waals surface area contributed by atoms with E-state index in [0.717, 1.165) is 11.1 Å². The zero-order chi connectivity index (χ0) is 15.2. The minimum atomic E-state index is -0.431. The molecule has 1 atom stereocenters. The van der Waals surface area contributed by atoms with Crippen LogP contribution in [0.5, 0.6) is 0 Å². The highest BCUT2D eigenvalue weighted by molar-refractivity contribution is 5.78. The molecule has 0 spiro atoms. The average Bonchev–Trinajstić information content (AvgIpc) is 2.47. The fraction of sp³-hybridized carbons (Fsp3) is 0.235. The number of aryl methyl sites for hydroxylation is 1. The van der Waals surface area contributed by atoms with Crippen molar-refractivity contribution in [2.75, 3.05) is 19.0 Å². The number of benzene rings is 2. The Balaban J connectivity index is 2.14. The van der Waals surface area contributed by atoms with Crippen LogP contribution < -0.4 is 5.32 Å². The quantitative estimate of drug-likeness (QED) is 0.855. The number of hydrogen-bond donors (Lipinski definition) is 1. The molecule has 110 valence electrons. The van der Waals surface area contributed by atoms with Gasteiger partial charge in [0.2, 0.25) is 0 Å². The Morgan fingerprint density at radius 3 is 2.57 bits per heavy atom. The van der Waals surface area contributed by atoms with Gasteiger partial charge in [-0.1, -0.05) is 30.3 Å². The first-order chi connectivity index (χ1) is 10.1. The highest BCUT2D eigenvalue weighted by Crippen LogP contribution is 2.20. The third-order valence-electron chi connectivity index (χ3n) is 3.24. The number of hydrogen-bond acceptors (Lipinski definition) is 3. The summed E-state index contributed by atoms with van der Waals surface area (Å²) >= 11 is 0. The number of ether oxygens (including phenoxy) is 1. The third kappa shape index (κ3) is 4.05. The van der Waals surface area contributed by atoms with E-state index in [1.165, 1.54) is 19.2 Å². The molecule has 3 nitrogen and oxygen atoms in total.